The predicted octanol–water partition coefficient (Wildman–Crippen LogP) is 2.76. The van der Waals surface area contributed by atoms with Crippen molar-refractivity contribution in [3.05, 3.63) is 58.9 Å². The summed E-state index contributed by atoms with van der Waals surface area (Å²) in [5.74, 6) is 1.22. The van der Waals surface area contributed by atoms with Crippen LogP contribution in [0.25, 0.3) is 0 Å². The van der Waals surface area contributed by atoms with Gasteiger partial charge in [0.2, 0.25) is 5.91 Å². The normalized spacial score (nSPS) is 10.7. The summed E-state index contributed by atoms with van der Waals surface area (Å²) >= 11 is 0. The lowest BCUT2D eigenvalue weighted by Crippen LogP contribution is -2.33. The zero-order valence-electron chi connectivity index (χ0n) is 13.6. The van der Waals surface area contributed by atoms with Crippen molar-refractivity contribution < 1.29 is 22.8 Å². The number of terminal acetylenes is 1. The summed E-state index contributed by atoms with van der Waals surface area (Å²) < 4.78 is 37.8. The molecule has 0 bridgehead atoms. The molecular weight excluding hydrogens is 347 g/mol. The molecule has 0 atom stereocenters. The molecule has 0 aliphatic carbocycles. The van der Waals surface area contributed by atoms with Crippen LogP contribution in [0.15, 0.2) is 36.4 Å². The largest absolute Gasteiger partial charge is 0.433 e. The second-order valence-electron chi connectivity index (χ2n) is 5.28. The summed E-state index contributed by atoms with van der Waals surface area (Å²) in [7, 11) is 0. The van der Waals surface area contributed by atoms with Crippen LogP contribution in [0.1, 0.15) is 27.3 Å². The number of hydrogen-bond acceptors (Lipinski definition) is 3. The minimum absolute atomic E-state index is 0.0415. The van der Waals surface area contributed by atoms with Crippen LogP contribution in [0.4, 0.5) is 18.9 Å². The molecule has 2 N–H and O–H groups in total. The summed E-state index contributed by atoms with van der Waals surface area (Å²) in [6, 6.07) is 8.31. The smallest absolute Gasteiger partial charge is 0.343 e. The molecular formula is C18H14F3N3O2. The lowest BCUT2D eigenvalue weighted by molar-refractivity contribution is -0.141. The molecule has 0 spiro atoms. The summed E-state index contributed by atoms with van der Waals surface area (Å²) in [6.07, 6.45) is 0.677. The van der Waals surface area contributed by atoms with Crippen molar-refractivity contribution in [3.8, 4) is 12.3 Å². The Bertz CT molecular complexity index is 886. The van der Waals surface area contributed by atoms with Crippen LogP contribution in [0.2, 0.25) is 0 Å². The molecule has 1 aromatic heterocycles. The molecule has 134 valence electrons. The molecule has 0 unspecified atom stereocenters. The number of benzene rings is 1. The van der Waals surface area contributed by atoms with Crippen molar-refractivity contribution >= 4 is 17.5 Å². The van der Waals surface area contributed by atoms with E-state index in [4.69, 9.17) is 6.42 Å². The third kappa shape index (κ3) is 4.83. The van der Waals surface area contributed by atoms with Gasteiger partial charge in [0, 0.05) is 11.3 Å². The van der Waals surface area contributed by atoms with Gasteiger partial charge in [-0.05, 0) is 37.3 Å². The highest BCUT2D eigenvalue weighted by atomic mass is 19.4. The fourth-order valence-electron chi connectivity index (χ4n) is 2.11. The number of carbonyl (C=O) groups is 2. The molecule has 2 rings (SSSR count). The summed E-state index contributed by atoms with van der Waals surface area (Å²) in [5.41, 5.74) is -0.164. The van der Waals surface area contributed by atoms with Gasteiger partial charge in [0.05, 0.1) is 17.8 Å². The molecule has 26 heavy (non-hydrogen) atoms. The maximum atomic E-state index is 12.6. The number of aryl methyl sites for hydroxylation is 1. The van der Waals surface area contributed by atoms with E-state index < -0.39 is 23.7 Å². The number of hydrogen-bond donors (Lipinski definition) is 2. The molecule has 0 fully saturated rings. The van der Waals surface area contributed by atoms with E-state index in [9.17, 15) is 22.8 Å². The van der Waals surface area contributed by atoms with Crippen LogP contribution in [-0.2, 0) is 11.0 Å². The molecule has 0 saturated heterocycles. The van der Waals surface area contributed by atoms with E-state index in [1.54, 1.807) is 24.3 Å². The van der Waals surface area contributed by atoms with Crippen LogP contribution in [0, 0.1) is 19.3 Å². The second kappa shape index (κ2) is 7.70. The second-order valence-corrected chi connectivity index (χ2v) is 5.28. The van der Waals surface area contributed by atoms with Crippen LogP contribution in [-0.4, -0.2) is 23.3 Å². The first-order valence-corrected chi connectivity index (χ1v) is 7.40. The third-order valence-corrected chi connectivity index (χ3v) is 3.34. The summed E-state index contributed by atoms with van der Waals surface area (Å²) in [6.45, 7) is 0.926. The first kappa shape index (κ1) is 19.0. The van der Waals surface area contributed by atoms with Crippen LogP contribution in [0.5, 0.6) is 0 Å². The number of amides is 2. The van der Waals surface area contributed by atoms with Gasteiger partial charge in [0.15, 0.2) is 0 Å². The SMILES string of the molecule is C#Cc1cccc(NC(=O)CNC(=O)c2ccc(C(F)(F)F)nc2C)c1. The van der Waals surface area contributed by atoms with Gasteiger partial charge in [-0.2, -0.15) is 13.2 Å². The highest BCUT2D eigenvalue weighted by molar-refractivity contribution is 5.99. The highest BCUT2D eigenvalue weighted by Crippen LogP contribution is 2.28. The van der Waals surface area contributed by atoms with E-state index in [0.29, 0.717) is 17.3 Å². The number of carbonyl (C=O) groups excluding carboxylic acids is 2. The van der Waals surface area contributed by atoms with Crippen molar-refractivity contribution in [3.63, 3.8) is 0 Å². The number of rotatable bonds is 4. The monoisotopic (exact) mass is 361 g/mol. The van der Waals surface area contributed by atoms with Gasteiger partial charge in [-0.3, -0.25) is 9.59 Å². The molecule has 1 aromatic carbocycles. The Morgan fingerprint density at radius 2 is 1.96 bits per heavy atom. The van der Waals surface area contributed by atoms with E-state index in [-0.39, 0.29) is 17.8 Å². The summed E-state index contributed by atoms with van der Waals surface area (Å²) in [5, 5.41) is 4.89. The van der Waals surface area contributed by atoms with E-state index >= 15 is 0 Å². The molecule has 2 aromatic rings. The van der Waals surface area contributed by atoms with E-state index in [1.807, 2.05) is 0 Å². The standard InChI is InChI=1S/C18H14F3N3O2/c1-3-12-5-4-6-13(9-12)24-16(25)10-22-17(26)14-7-8-15(18(19,20)21)23-11(14)2/h1,4-9H,10H2,2H3,(H,22,26)(H,24,25). The molecule has 0 aliphatic rings. The predicted molar refractivity (Wildman–Crippen MR) is 89.3 cm³/mol. The van der Waals surface area contributed by atoms with Crippen LogP contribution < -0.4 is 10.6 Å². The van der Waals surface area contributed by atoms with E-state index in [2.05, 4.69) is 21.5 Å². The van der Waals surface area contributed by atoms with E-state index in [0.717, 1.165) is 6.07 Å². The average molecular weight is 361 g/mol. The first-order chi connectivity index (χ1) is 12.2. The molecule has 8 heteroatoms. The Balaban J connectivity index is 1.98. The van der Waals surface area contributed by atoms with Gasteiger partial charge in [-0.1, -0.05) is 12.0 Å². The number of anilines is 1. The Morgan fingerprint density at radius 3 is 2.58 bits per heavy atom. The van der Waals surface area contributed by atoms with Gasteiger partial charge in [-0.15, -0.1) is 6.42 Å². The highest BCUT2D eigenvalue weighted by Gasteiger charge is 2.33. The van der Waals surface area contributed by atoms with Gasteiger partial charge in [0.25, 0.3) is 5.91 Å². The lowest BCUT2D eigenvalue weighted by Gasteiger charge is -2.11. The number of pyridine rings is 1. The van der Waals surface area contributed by atoms with Crippen LogP contribution >= 0.6 is 0 Å². The average Bonchev–Trinajstić information content (AvgIpc) is 2.59. The number of nitrogens with one attached hydrogen (secondary N) is 2. The number of aromatic nitrogens is 1. The van der Waals surface area contributed by atoms with Gasteiger partial charge in [-0.25, -0.2) is 4.98 Å². The topological polar surface area (TPSA) is 71.1 Å². The Labute approximate surface area is 147 Å². The quantitative estimate of drug-likeness (QED) is 0.823. The minimum Gasteiger partial charge on any atom is -0.343 e. The Hall–Kier alpha value is -3.34. The fraction of sp³-hybridized carbons (Fsp3) is 0.167. The molecule has 1 heterocycles. The van der Waals surface area contributed by atoms with E-state index in [1.165, 1.54) is 6.92 Å². The van der Waals surface area contributed by atoms with Crippen molar-refractivity contribution in [2.24, 2.45) is 0 Å². The summed E-state index contributed by atoms with van der Waals surface area (Å²) in [4.78, 5) is 27.3. The Kier molecular flexibility index (Phi) is 5.62. The number of halogens is 3. The van der Waals surface area contributed by atoms with Crippen molar-refractivity contribution in [1.29, 1.82) is 0 Å². The van der Waals surface area contributed by atoms with Crippen molar-refractivity contribution in [2.45, 2.75) is 13.1 Å². The Morgan fingerprint density at radius 1 is 1.23 bits per heavy atom. The molecule has 0 radical (unpaired) electrons. The van der Waals surface area contributed by atoms with Crippen molar-refractivity contribution in [2.75, 3.05) is 11.9 Å². The molecule has 0 saturated carbocycles. The molecule has 5 nitrogen and oxygen atoms in total. The maximum Gasteiger partial charge on any atom is 0.433 e. The van der Waals surface area contributed by atoms with Crippen LogP contribution in [0.3, 0.4) is 0 Å². The minimum atomic E-state index is -4.59. The number of alkyl halides is 3. The first-order valence-electron chi connectivity index (χ1n) is 7.40. The molecule has 2 amide bonds. The zero-order valence-corrected chi connectivity index (χ0v) is 13.6. The van der Waals surface area contributed by atoms with Gasteiger partial charge < -0.3 is 10.6 Å². The zero-order chi connectivity index (χ0) is 19.3. The third-order valence-electron chi connectivity index (χ3n) is 3.34. The van der Waals surface area contributed by atoms with Gasteiger partial charge >= 0.3 is 6.18 Å². The lowest BCUT2D eigenvalue weighted by atomic mass is 10.1. The van der Waals surface area contributed by atoms with Gasteiger partial charge in [0.1, 0.15) is 5.69 Å². The van der Waals surface area contributed by atoms with Crippen molar-refractivity contribution in [1.82, 2.24) is 10.3 Å². The molecule has 0 aliphatic heterocycles. The number of nitrogens with zero attached hydrogens (tertiary/aromatic N) is 1. The maximum absolute atomic E-state index is 12.6. The fourth-order valence-corrected chi connectivity index (χ4v) is 2.11.